The third-order valence-corrected chi connectivity index (χ3v) is 24.8. The molecule has 0 spiro atoms. The topological polar surface area (TPSA) is 3.24 Å². The molecule has 0 bridgehead atoms. The van der Waals surface area contributed by atoms with Crippen LogP contribution in [-0.4, -0.2) is 0 Å². The minimum Gasteiger partial charge on any atom is -0.310 e. The van der Waals surface area contributed by atoms with E-state index in [1.54, 1.807) is 11.1 Å². The van der Waals surface area contributed by atoms with E-state index in [2.05, 4.69) is 273 Å². The van der Waals surface area contributed by atoms with E-state index in [0.29, 0.717) is 0 Å². The first-order chi connectivity index (χ1) is 50.0. The summed E-state index contributed by atoms with van der Waals surface area (Å²) in [6.07, 6.45) is 37.0. The van der Waals surface area contributed by atoms with Gasteiger partial charge in [-0.15, -0.1) is 0 Å². The SMILES string of the molecule is CCCCCCCCCCCCC1(CCCCCCCCCCCC)c2cc(C)ccc2-c2ccc(-c3ccc(N(c4ccc(C)cc4)c4ccc5c(c4)C(C)(C)c4cc(-c6c7ccccc7c(-c7ccc8c(c7)C(CCCC)(CCCC)c7ccccc7-8)c7ccccc67)ccc4-5)cc3)cc21. The Labute approximate surface area is 614 Å². The van der Waals surface area contributed by atoms with Gasteiger partial charge in [0.2, 0.25) is 0 Å². The van der Waals surface area contributed by atoms with E-state index in [1.807, 2.05) is 0 Å². The number of anilines is 3. The lowest BCUT2D eigenvalue weighted by atomic mass is 9.70. The quantitative estimate of drug-likeness (QED) is 0.0287. The number of unbranched alkanes of at least 4 members (excludes halogenated alkanes) is 20. The van der Waals surface area contributed by atoms with Gasteiger partial charge in [-0.3, -0.25) is 0 Å². The summed E-state index contributed by atoms with van der Waals surface area (Å²) in [5.41, 5.74) is 31.2. The second-order valence-corrected chi connectivity index (χ2v) is 32.0. The molecule has 0 aromatic heterocycles. The highest BCUT2D eigenvalue weighted by molar-refractivity contribution is 6.21. The predicted molar refractivity (Wildman–Crippen MR) is 444 cm³/mol. The summed E-state index contributed by atoms with van der Waals surface area (Å²) in [5.74, 6) is 0. The molecule has 11 aromatic carbocycles. The van der Waals surface area contributed by atoms with Gasteiger partial charge >= 0.3 is 0 Å². The third-order valence-electron chi connectivity index (χ3n) is 24.8. The van der Waals surface area contributed by atoms with Crippen LogP contribution >= 0.6 is 0 Å². The lowest BCUT2D eigenvalue weighted by molar-refractivity contribution is 0.397. The van der Waals surface area contributed by atoms with Crippen LogP contribution in [0.25, 0.3) is 88.3 Å². The standard InChI is InChI=1S/C101H115N/c1-9-13-17-19-21-23-25-27-29-37-65-101(66-38-30-28-26-24-22-20-18-14-10-2)94-67-73(6)47-58-84(94)86-59-50-75(68-95(86)101)74-48-55-79(56-49-74)102(78-53-45-72(5)46-54-78)80-57-62-83-82-60-51-76(69-92(82)99(7,8)93(83)71-80)97-87-40-31-33-42-89(87)98(90-43-34-32-41-88(90)97)77-52-61-85-81-39-35-36-44-91(81)100(63-15-11-3,64-16-12-4)96(85)70-77/h31-36,39-62,67-71H,9-30,37-38,63-66H2,1-8H3. The largest absolute Gasteiger partial charge is 0.310 e. The fraction of sp³-hybridized carbons (Fsp3) is 0.386. The van der Waals surface area contributed by atoms with E-state index < -0.39 is 0 Å². The molecule has 1 heteroatoms. The van der Waals surface area contributed by atoms with Crippen LogP contribution in [0.3, 0.4) is 0 Å². The minimum atomic E-state index is -0.267. The predicted octanol–water partition coefficient (Wildman–Crippen LogP) is 30.9. The molecule has 0 N–H and O–H groups in total. The fourth-order valence-electron chi connectivity index (χ4n) is 19.2. The molecule has 3 aliphatic rings. The molecule has 0 aliphatic heterocycles. The molecule has 11 aromatic rings. The van der Waals surface area contributed by atoms with Gasteiger partial charge in [0.25, 0.3) is 0 Å². The van der Waals surface area contributed by atoms with Gasteiger partial charge in [-0.1, -0.05) is 364 Å². The lowest BCUT2D eigenvalue weighted by Crippen LogP contribution is -2.25. The summed E-state index contributed by atoms with van der Waals surface area (Å²) in [4.78, 5) is 2.50. The molecule has 102 heavy (non-hydrogen) atoms. The van der Waals surface area contributed by atoms with Crippen LogP contribution < -0.4 is 4.90 Å². The summed E-state index contributed by atoms with van der Waals surface area (Å²) < 4.78 is 0. The Morgan fingerprint density at radius 1 is 0.245 bits per heavy atom. The lowest BCUT2D eigenvalue weighted by Gasteiger charge is -2.33. The number of fused-ring (bicyclic) bond motifs is 11. The zero-order valence-corrected chi connectivity index (χ0v) is 63.5. The van der Waals surface area contributed by atoms with Crippen LogP contribution in [0.15, 0.2) is 212 Å². The van der Waals surface area contributed by atoms with Crippen molar-refractivity contribution < 1.29 is 0 Å². The molecule has 3 aliphatic carbocycles. The van der Waals surface area contributed by atoms with E-state index in [1.165, 1.54) is 307 Å². The summed E-state index contributed by atoms with van der Waals surface area (Å²) in [6, 6.07) is 83.9. The van der Waals surface area contributed by atoms with E-state index in [-0.39, 0.29) is 16.2 Å². The van der Waals surface area contributed by atoms with Crippen molar-refractivity contribution in [3.05, 3.63) is 257 Å². The first kappa shape index (κ1) is 70.8. The van der Waals surface area contributed by atoms with E-state index in [9.17, 15) is 0 Å². The van der Waals surface area contributed by atoms with Gasteiger partial charge in [0, 0.05) is 33.3 Å². The molecule has 524 valence electrons. The Morgan fingerprint density at radius 3 is 1.07 bits per heavy atom. The van der Waals surface area contributed by atoms with Crippen molar-refractivity contribution in [2.24, 2.45) is 0 Å². The second kappa shape index (κ2) is 31.8. The van der Waals surface area contributed by atoms with Gasteiger partial charge in [0.05, 0.1) is 0 Å². The molecule has 0 atom stereocenters. The molecule has 14 rings (SSSR count). The van der Waals surface area contributed by atoms with Crippen molar-refractivity contribution >= 4 is 38.6 Å². The highest BCUT2D eigenvalue weighted by Gasteiger charge is 2.44. The highest BCUT2D eigenvalue weighted by Crippen LogP contribution is 2.59. The molecule has 0 fully saturated rings. The average Bonchev–Trinajstić information content (AvgIpc) is 1.65. The Bertz CT molecular complexity index is 4610. The first-order valence-corrected chi connectivity index (χ1v) is 40.7. The van der Waals surface area contributed by atoms with Crippen molar-refractivity contribution in [3.63, 3.8) is 0 Å². The number of hydrogen-bond donors (Lipinski definition) is 0. The van der Waals surface area contributed by atoms with Crippen molar-refractivity contribution in [3.8, 4) is 66.8 Å². The molecule has 0 amide bonds. The van der Waals surface area contributed by atoms with Gasteiger partial charge in [0.15, 0.2) is 0 Å². The van der Waals surface area contributed by atoms with Crippen molar-refractivity contribution in [1.82, 2.24) is 0 Å². The maximum Gasteiger partial charge on any atom is 0.0465 e. The van der Waals surface area contributed by atoms with Crippen LogP contribution in [0, 0.1) is 13.8 Å². The van der Waals surface area contributed by atoms with E-state index >= 15 is 0 Å². The van der Waals surface area contributed by atoms with Crippen LogP contribution in [0.1, 0.15) is 266 Å². The van der Waals surface area contributed by atoms with Gasteiger partial charge in [-0.25, -0.2) is 0 Å². The van der Waals surface area contributed by atoms with Gasteiger partial charge < -0.3 is 4.90 Å². The van der Waals surface area contributed by atoms with E-state index in [4.69, 9.17) is 0 Å². The first-order valence-electron chi connectivity index (χ1n) is 40.7. The fourth-order valence-corrected chi connectivity index (χ4v) is 19.2. The smallest absolute Gasteiger partial charge is 0.0465 e. The van der Waals surface area contributed by atoms with Crippen molar-refractivity contribution in [1.29, 1.82) is 0 Å². The van der Waals surface area contributed by atoms with Crippen LogP contribution in [-0.2, 0) is 16.2 Å². The normalized spacial score (nSPS) is 14.0. The minimum absolute atomic E-state index is 0.0175. The van der Waals surface area contributed by atoms with Gasteiger partial charge in [-0.05, 0) is 216 Å². The summed E-state index contributed by atoms with van der Waals surface area (Å²) in [6.45, 7) is 18.8. The van der Waals surface area contributed by atoms with Crippen molar-refractivity contribution in [2.75, 3.05) is 4.90 Å². The summed E-state index contributed by atoms with van der Waals surface area (Å²) in [5, 5.41) is 5.23. The Kier molecular flexibility index (Phi) is 22.0. The monoisotopic (exact) mass is 1340 g/mol. The Morgan fingerprint density at radius 2 is 0.569 bits per heavy atom. The number of rotatable bonds is 34. The summed E-state index contributed by atoms with van der Waals surface area (Å²) >= 11 is 0. The average molecular weight is 1340 g/mol. The van der Waals surface area contributed by atoms with Crippen LogP contribution in [0.2, 0.25) is 0 Å². The number of hydrogen-bond acceptors (Lipinski definition) is 1. The highest BCUT2D eigenvalue weighted by atomic mass is 15.1. The summed E-state index contributed by atoms with van der Waals surface area (Å²) in [7, 11) is 0. The van der Waals surface area contributed by atoms with Gasteiger partial charge in [0.1, 0.15) is 0 Å². The number of benzene rings is 11. The molecule has 0 radical (unpaired) electrons. The molecular formula is C101H115N. The molecular weight excluding hydrogens is 1230 g/mol. The molecule has 0 heterocycles. The van der Waals surface area contributed by atoms with Gasteiger partial charge in [-0.2, -0.15) is 0 Å². The number of nitrogens with zero attached hydrogens (tertiary/aromatic N) is 1. The van der Waals surface area contributed by atoms with E-state index in [0.717, 1.165) is 11.4 Å². The third kappa shape index (κ3) is 13.8. The molecule has 0 unspecified atom stereocenters. The Hall–Kier alpha value is -8.26. The molecule has 0 saturated heterocycles. The van der Waals surface area contributed by atoms with Crippen LogP contribution in [0.4, 0.5) is 17.1 Å². The number of aryl methyl sites for hydroxylation is 2. The molecule has 0 saturated carbocycles. The zero-order chi connectivity index (χ0) is 70.2. The van der Waals surface area contributed by atoms with Crippen LogP contribution in [0.5, 0.6) is 0 Å². The Balaban J connectivity index is 0.773. The maximum absolute atomic E-state index is 2.65. The zero-order valence-electron chi connectivity index (χ0n) is 63.5. The van der Waals surface area contributed by atoms with Crippen molar-refractivity contribution in [2.45, 2.75) is 251 Å². The second-order valence-electron chi connectivity index (χ2n) is 32.0. The maximum atomic E-state index is 2.65. The molecule has 1 nitrogen and oxygen atoms in total.